The van der Waals surface area contributed by atoms with Gasteiger partial charge in [-0.25, -0.2) is 4.98 Å². The lowest BCUT2D eigenvalue weighted by molar-refractivity contribution is 0.174. The molecule has 0 spiro atoms. The molecule has 3 N–H and O–H groups in total. The topological polar surface area (TPSA) is 91.5 Å². The van der Waals surface area contributed by atoms with Crippen LogP contribution < -0.4 is 25.3 Å². The van der Waals surface area contributed by atoms with Crippen LogP contribution in [-0.2, 0) is 6.54 Å². The molecule has 0 unspecified atom stereocenters. The summed E-state index contributed by atoms with van der Waals surface area (Å²) in [5, 5.41) is 3.18. The average molecular weight is 288 g/mol. The van der Waals surface area contributed by atoms with Crippen molar-refractivity contribution in [3.05, 3.63) is 29.6 Å². The fraction of sp³-hybridized carbons (Fsp3) is 0.286. The fourth-order valence-electron chi connectivity index (χ4n) is 2.08. The number of hydrogen-bond acceptors (Lipinski definition) is 7. The monoisotopic (exact) mass is 288 g/mol. The molecular formula is C14H16N4O3. The van der Waals surface area contributed by atoms with Crippen LogP contribution in [0.4, 0.5) is 11.5 Å². The number of nitrogens with zero attached hydrogens (tertiary/aromatic N) is 2. The van der Waals surface area contributed by atoms with Crippen LogP contribution in [-0.4, -0.2) is 23.9 Å². The molecule has 0 atom stereocenters. The third-order valence-electron chi connectivity index (χ3n) is 3.11. The van der Waals surface area contributed by atoms with Gasteiger partial charge in [-0.05, 0) is 24.6 Å². The molecule has 0 saturated heterocycles. The quantitative estimate of drug-likeness (QED) is 0.885. The maximum atomic E-state index is 5.96. The molecule has 1 aliphatic rings. The summed E-state index contributed by atoms with van der Waals surface area (Å²) in [6.07, 6.45) is 0. The number of anilines is 2. The van der Waals surface area contributed by atoms with Crippen LogP contribution in [0.5, 0.6) is 17.4 Å². The number of fused-ring (bicyclic) bond motifs is 1. The molecule has 0 amide bonds. The number of ether oxygens (including phenoxy) is 3. The summed E-state index contributed by atoms with van der Waals surface area (Å²) < 4.78 is 15.8. The molecule has 7 nitrogen and oxygen atoms in total. The third-order valence-corrected chi connectivity index (χ3v) is 3.11. The van der Waals surface area contributed by atoms with Gasteiger partial charge in [0.25, 0.3) is 0 Å². The van der Waals surface area contributed by atoms with Crippen molar-refractivity contribution < 1.29 is 14.2 Å². The molecule has 1 aromatic carbocycles. The fourth-order valence-corrected chi connectivity index (χ4v) is 2.08. The number of aryl methyl sites for hydroxylation is 1. The van der Waals surface area contributed by atoms with Crippen molar-refractivity contribution in [1.82, 2.24) is 9.97 Å². The van der Waals surface area contributed by atoms with Crippen molar-refractivity contribution in [2.24, 2.45) is 0 Å². The first-order chi connectivity index (χ1) is 10.2. The number of aromatic nitrogens is 2. The number of nitrogen functional groups attached to an aromatic ring is 1. The minimum absolute atomic E-state index is 0.265. The summed E-state index contributed by atoms with van der Waals surface area (Å²) in [5.41, 5.74) is 7.39. The van der Waals surface area contributed by atoms with Gasteiger partial charge in [-0.2, -0.15) is 4.98 Å². The summed E-state index contributed by atoms with van der Waals surface area (Å²) >= 11 is 0. The van der Waals surface area contributed by atoms with E-state index < -0.39 is 0 Å². The van der Waals surface area contributed by atoms with Gasteiger partial charge in [0.05, 0.1) is 7.11 Å². The Labute approximate surface area is 122 Å². The summed E-state index contributed by atoms with van der Waals surface area (Å²) in [4.78, 5) is 8.40. The molecule has 0 bridgehead atoms. The Morgan fingerprint density at radius 1 is 1.29 bits per heavy atom. The van der Waals surface area contributed by atoms with Gasteiger partial charge >= 0.3 is 0 Å². The van der Waals surface area contributed by atoms with Crippen LogP contribution in [0.1, 0.15) is 11.4 Å². The van der Waals surface area contributed by atoms with Crippen molar-refractivity contribution in [3.63, 3.8) is 0 Å². The summed E-state index contributed by atoms with van der Waals surface area (Å²) in [7, 11) is 1.53. The zero-order chi connectivity index (χ0) is 14.8. The maximum absolute atomic E-state index is 5.96. The molecule has 0 saturated carbocycles. The molecule has 7 heteroatoms. The Morgan fingerprint density at radius 3 is 2.90 bits per heavy atom. The molecular weight excluding hydrogens is 272 g/mol. The van der Waals surface area contributed by atoms with E-state index in [1.54, 1.807) is 6.92 Å². The summed E-state index contributed by atoms with van der Waals surface area (Å²) in [5.74, 6) is 3.03. The van der Waals surface area contributed by atoms with Crippen molar-refractivity contribution in [2.75, 3.05) is 25.0 Å². The number of nitrogens with two attached hydrogens (primary N) is 1. The molecule has 0 fully saturated rings. The average Bonchev–Trinajstić information content (AvgIpc) is 2.95. The summed E-state index contributed by atoms with van der Waals surface area (Å²) in [6.45, 7) is 2.61. The highest BCUT2D eigenvalue weighted by Crippen LogP contribution is 2.33. The van der Waals surface area contributed by atoms with Crippen molar-refractivity contribution in [2.45, 2.75) is 13.5 Å². The highest BCUT2D eigenvalue weighted by atomic mass is 16.7. The SMILES string of the molecule is COc1nc(C)nc(NCc2ccc3c(c2)OCO3)c1N. The van der Waals surface area contributed by atoms with Gasteiger partial charge in [0.15, 0.2) is 17.3 Å². The summed E-state index contributed by atoms with van der Waals surface area (Å²) in [6, 6.07) is 5.77. The molecule has 2 aromatic rings. The molecule has 2 heterocycles. The minimum atomic E-state index is 0.265. The van der Waals surface area contributed by atoms with E-state index in [4.69, 9.17) is 19.9 Å². The molecule has 3 rings (SSSR count). The zero-order valence-corrected chi connectivity index (χ0v) is 11.8. The second-order valence-corrected chi connectivity index (χ2v) is 4.58. The standard InChI is InChI=1S/C14H16N4O3/c1-8-17-13(12(15)14(18-8)19-2)16-6-9-3-4-10-11(5-9)21-7-20-10/h3-5H,6-7,15H2,1-2H3,(H,16,17,18). The predicted octanol–water partition coefficient (Wildman–Crippen LogP) is 1.72. The first-order valence-corrected chi connectivity index (χ1v) is 6.48. The van der Waals surface area contributed by atoms with Crippen molar-refractivity contribution >= 4 is 11.5 Å². The van der Waals surface area contributed by atoms with E-state index in [9.17, 15) is 0 Å². The van der Waals surface area contributed by atoms with Gasteiger partial charge in [-0.15, -0.1) is 0 Å². The maximum Gasteiger partial charge on any atom is 0.242 e. The number of nitrogens with one attached hydrogen (secondary N) is 1. The first-order valence-electron chi connectivity index (χ1n) is 6.48. The van der Waals surface area contributed by atoms with E-state index in [-0.39, 0.29) is 6.79 Å². The van der Waals surface area contributed by atoms with Crippen LogP contribution >= 0.6 is 0 Å². The van der Waals surface area contributed by atoms with Gasteiger partial charge < -0.3 is 25.3 Å². The lowest BCUT2D eigenvalue weighted by atomic mass is 10.2. The van der Waals surface area contributed by atoms with Crippen LogP contribution in [0.3, 0.4) is 0 Å². The minimum Gasteiger partial charge on any atom is -0.479 e. The van der Waals surface area contributed by atoms with E-state index in [0.717, 1.165) is 17.1 Å². The number of methoxy groups -OCH3 is 1. The van der Waals surface area contributed by atoms with E-state index >= 15 is 0 Å². The number of benzene rings is 1. The highest BCUT2D eigenvalue weighted by Gasteiger charge is 2.14. The van der Waals surface area contributed by atoms with Gasteiger partial charge in [0.1, 0.15) is 11.5 Å². The van der Waals surface area contributed by atoms with Gasteiger partial charge in [0.2, 0.25) is 12.7 Å². The highest BCUT2D eigenvalue weighted by molar-refractivity contribution is 5.67. The molecule has 0 aliphatic carbocycles. The Morgan fingerprint density at radius 2 is 2.10 bits per heavy atom. The van der Waals surface area contributed by atoms with Crippen LogP contribution in [0.15, 0.2) is 18.2 Å². The third kappa shape index (κ3) is 2.62. The molecule has 110 valence electrons. The van der Waals surface area contributed by atoms with Gasteiger partial charge in [-0.1, -0.05) is 6.07 Å². The van der Waals surface area contributed by atoms with E-state index in [1.807, 2.05) is 18.2 Å². The molecule has 1 aliphatic heterocycles. The van der Waals surface area contributed by atoms with Crippen molar-refractivity contribution in [3.8, 4) is 17.4 Å². The first kappa shape index (κ1) is 13.3. The van der Waals surface area contributed by atoms with Crippen LogP contribution in [0.2, 0.25) is 0 Å². The Hall–Kier alpha value is -2.70. The molecule has 21 heavy (non-hydrogen) atoms. The lowest BCUT2D eigenvalue weighted by Gasteiger charge is -2.12. The second kappa shape index (κ2) is 5.35. The number of hydrogen-bond donors (Lipinski definition) is 2. The van der Waals surface area contributed by atoms with E-state index in [2.05, 4.69) is 15.3 Å². The van der Waals surface area contributed by atoms with Crippen molar-refractivity contribution in [1.29, 1.82) is 0 Å². The lowest BCUT2D eigenvalue weighted by Crippen LogP contribution is -2.08. The van der Waals surface area contributed by atoms with Crippen LogP contribution in [0, 0.1) is 6.92 Å². The Balaban J connectivity index is 1.77. The van der Waals surface area contributed by atoms with Crippen LogP contribution in [0.25, 0.3) is 0 Å². The van der Waals surface area contributed by atoms with Gasteiger partial charge in [-0.3, -0.25) is 0 Å². The van der Waals surface area contributed by atoms with E-state index in [1.165, 1.54) is 7.11 Å². The number of rotatable bonds is 4. The zero-order valence-electron chi connectivity index (χ0n) is 11.8. The van der Waals surface area contributed by atoms with E-state index in [0.29, 0.717) is 29.8 Å². The predicted molar refractivity (Wildman–Crippen MR) is 77.6 cm³/mol. The Kier molecular flexibility index (Phi) is 3.39. The molecule has 1 aromatic heterocycles. The second-order valence-electron chi connectivity index (χ2n) is 4.58. The molecule has 0 radical (unpaired) electrons. The Bertz CT molecular complexity index is 676. The van der Waals surface area contributed by atoms with Gasteiger partial charge in [0, 0.05) is 6.54 Å². The largest absolute Gasteiger partial charge is 0.479 e. The smallest absolute Gasteiger partial charge is 0.242 e. The normalized spacial score (nSPS) is 12.3.